The molecule has 2 aliphatic rings. The smallest absolute Gasteiger partial charge is 0.311 e. The van der Waals surface area contributed by atoms with Crippen molar-refractivity contribution in [3.8, 4) is 5.75 Å². The quantitative estimate of drug-likeness (QED) is 0.803. The van der Waals surface area contributed by atoms with Gasteiger partial charge in [-0.2, -0.15) is 0 Å². The van der Waals surface area contributed by atoms with Crippen molar-refractivity contribution < 1.29 is 14.6 Å². The number of phenols is 1. The number of methoxy groups -OCH3 is 1. The van der Waals surface area contributed by atoms with Crippen LogP contribution < -0.4 is 0 Å². The molecule has 0 amide bonds. The fraction of sp³-hybridized carbons (Fsp3) is 0.611. The molecule has 3 rings (SSSR count). The number of carbonyl (C=O) groups is 1. The van der Waals surface area contributed by atoms with E-state index in [1.807, 2.05) is 12.1 Å². The number of carbonyl (C=O) groups excluding carboxylic acids is 1. The Bertz CT molecular complexity index is 580. The highest BCUT2D eigenvalue weighted by Gasteiger charge is 2.55. The van der Waals surface area contributed by atoms with Crippen molar-refractivity contribution in [3.63, 3.8) is 0 Å². The van der Waals surface area contributed by atoms with Gasteiger partial charge in [-0.05, 0) is 67.2 Å². The number of esters is 1. The first-order valence-corrected chi connectivity index (χ1v) is 7.82. The first-order valence-electron chi connectivity index (χ1n) is 7.82. The molecule has 0 aliphatic heterocycles. The second-order valence-corrected chi connectivity index (χ2v) is 7.11. The predicted molar refractivity (Wildman–Crippen MR) is 81.2 cm³/mol. The van der Waals surface area contributed by atoms with Gasteiger partial charge in [0.25, 0.3) is 0 Å². The number of hydrogen-bond acceptors (Lipinski definition) is 3. The molecule has 1 unspecified atom stereocenters. The van der Waals surface area contributed by atoms with Crippen LogP contribution in [0.15, 0.2) is 18.2 Å². The molecule has 21 heavy (non-hydrogen) atoms. The lowest BCUT2D eigenvalue weighted by Crippen LogP contribution is -2.52. The summed E-state index contributed by atoms with van der Waals surface area (Å²) >= 11 is 0. The summed E-state index contributed by atoms with van der Waals surface area (Å²) in [5.41, 5.74) is 2.09. The molecule has 0 bridgehead atoms. The lowest BCUT2D eigenvalue weighted by Gasteiger charge is -2.54. The minimum Gasteiger partial charge on any atom is -0.508 e. The van der Waals surface area contributed by atoms with Crippen LogP contribution in [0.1, 0.15) is 50.7 Å². The first-order chi connectivity index (χ1) is 9.91. The third-order valence-corrected chi connectivity index (χ3v) is 5.99. The zero-order valence-electron chi connectivity index (χ0n) is 13.1. The fourth-order valence-electron chi connectivity index (χ4n) is 4.93. The number of rotatable bonds is 1. The number of fused-ring (bicyclic) bond motifs is 3. The van der Waals surface area contributed by atoms with Crippen molar-refractivity contribution in [2.45, 2.75) is 51.4 Å². The van der Waals surface area contributed by atoms with Crippen molar-refractivity contribution in [2.24, 2.45) is 11.3 Å². The molecule has 1 aromatic rings. The molecule has 0 spiro atoms. The topological polar surface area (TPSA) is 46.5 Å². The van der Waals surface area contributed by atoms with Crippen LogP contribution in [-0.2, 0) is 21.4 Å². The SMILES string of the molecule is COC(=O)[C@]1(C)CCC[C@]2(C)c3cc(O)ccc3CCC12. The van der Waals surface area contributed by atoms with Gasteiger partial charge in [-0.25, -0.2) is 0 Å². The van der Waals surface area contributed by atoms with Crippen LogP contribution in [-0.4, -0.2) is 18.2 Å². The van der Waals surface area contributed by atoms with Gasteiger partial charge in [0, 0.05) is 0 Å². The predicted octanol–water partition coefficient (Wildman–Crippen LogP) is 3.58. The van der Waals surface area contributed by atoms with Crippen LogP contribution in [0.4, 0.5) is 0 Å². The average Bonchev–Trinajstić information content (AvgIpc) is 2.46. The largest absolute Gasteiger partial charge is 0.508 e. The zero-order chi connectivity index (χ0) is 15.3. The monoisotopic (exact) mass is 288 g/mol. The average molecular weight is 288 g/mol. The molecule has 1 aromatic carbocycles. The number of hydrogen-bond donors (Lipinski definition) is 1. The number of ether oxygens (including phenoxy) is 1. The molecule has 114 valence electrons. The Morgan fingerprint density at radius 1 is 1.33 bits per heavy atom. The molecule has 0 radical (unpaired) electrons. The maximum Gasteiger partial charge on any atom is 0.311 e. The van der Waals surface area contributed by atoms with Gasteiger partial charge in [-0.15, -0.1) is 0 Å². The normalized spacial score (nSPS) is 34.7. The van der Waals surface area contributed by atoms with Gasteiger partial charge in [-0.3, -0.25) is 4.79 Å². The number of phenolic OH excluding ortho intramolecular Hbond substituents is 1. The van der Waals surface area contributed by atoms with Crippen LogP contribution in [0.2, 0.25) is 0 Å². The molecule has 0 saturated heterocycles. The Morgan fingerprint density at radius 2 is 2.10 bits per heavy atom. The van der Waals surface area contributed by atoms with E-state index in [0.29, 0.717) is 5.75 Å². The number of benzene rings is 1. The first kappa shape index (κ1) is 14.4. The van der Waals surface area contributed by atoms with Crippen LogP contribution in [0.25, 0.3) is 0 Å². The summed E-state index contributed by atoms with van der Waals surface area (Å²) in [4.78, 5) is 12.4. The summed E-state index contributed by atoms with van der Waals surface area (Å²) in [6, 6.07) is 5.71. The molecule has 1 saturated carbocycles. The molecule has 0 aromatic heterocycles. The highest BCUT2D eigenvalue weighted by atomic mass is 16.5. The molecule has 3 nitrogen and oxygen atoms in total. The summed E-state index contributed by atoms with van der Waals surface area (Å²) in [5.74, 6) is 0.517. The van der Waals surface area contributed by atoms with Crippen LogP contribution in [0.5, 0.6) is 5.75 Å². The van der Waals surface area contributed by atoms with E-state index in [-0.39, 0.29) is 17.3 Å². The van der Waals surface area contributed by atoms with Gasteiger partial charge in [0.05, 0.1) is 12.5 Å². The summed E-state index contributed by atoms with van der Waals surface area (Å²) in [6.07, 6.45) is 4.98. The van der Waals surface area contributed by atoms with E-state index in [4.69, 9.17) is 4.74 Å². The van der Waals surface area contributed by atoms with Crippen LogP contribution in [0.3, 0.4) is 0 Å². The second kappa shape index (κ2) is 4.75. The van der Waals surface area contributed by atoms with Crippen LogP contribution in [0, 0.1) is 11.3 Å². The van der Waals surface area contributed by atoms with Crippen molar-refractivity contribution in [1.82, 2.24) is 0 Å². The van der Waals surface area contributed by atoms with E-state index in [1.54, 1.807) is 6.07 Å². The van der Waals surface area contributed by atoms with Crippen molar-refractivity contribution >= 4 is 5.97 Å². The van der Waals surface area contributed by atoms with Crippen molar-refractivity contribution in [2.75, 3.05) is 7.11 Å². The highest BCUT2D eigenvalue weighted by molar-refractivity contribution is 5.77. The lowest BCUT2D eigenvalue weighted by atomic mass is 9.50. The Morgan fingerprint density at radius 3 is 2.81 bits per heavy atom. The van der Waals surface area contributed by atoms with Crippen molar-refractivity contribution in [1.29, 1.82) is 0 Å². The fourth-order valence-corrected chi connectivity index (χ4v) is 4.93. The summed E-state index contributed by atoms with van der Waals surface area (Å²) in [6.45, 7) is 4.32. The molecule has 2 aliphatic carbocycles. The Hall–Kier alpha value is -1.51. The molecule has 3 heteroatoms. The summed E-state index contributed by atoms with van der Waals surface area (Å²) in [5, 5.41) is 9.89. The molecule has 0 heterocycles. The summed E-state index contributed by atoms with van der Waals surface area (Å²) < 4.78 is 5.11. The van der Waals surface area contributed by atoms with E-state index in [2.05, 4.69) is 13.8 Å². The second-order valence-electron chi connectivity index (χ2n) is 7.11. The minimum absolute atomic E-state index is 0.0481. The van der Waals surface area contributed by atoms with E-state index >= 15 is 0 Å². The van der Waals surface area contributed by atoms with Gasteiger partial charge in [0.1, 0.15) is 5.75 Å². The Labute approximate surface area is 126 Å². The molecule has 1 fully saturated rings. The third-order valence-electron chi connectivity index (χ3n) is 5.99. The molecule has 1 N–H and O–H groups in total. The third kappa shape index (κ3) is 1.97. The van der Waals surface area contributed by atoms with E-state index in [9.17, 15) is 9.90 Å². The van der Waals surface area contributed by atoms with Gasteiger partial charge in [0.2, 0.25) is 0 Å². The molecular weight excluding hydrogens is 264 g/mol. The number of aromatic hydroxyl groups is 1. The van der Waals surface area contributed by atoms with Gasteiger partial charge >= 0.3 is 5.97 Å². The Kier molecular flexibility index (Phi) is 3.27. The van der Waals surface area contributed by atoms with Gasteiger partial charge in [0.15, 0.2) is 0 Å². The maximum atomic E-state index is 12.4. The maximum absolute atomic E-state index is 12.4. The van der Waals surface area contributed by atoms with Gasteiger partial charge in [-0.1, -0.05) is 19.4 Å². The lowest BCUT2D eigenvalue weighted by molar-refractivity contribution is -0.161. The van der Waals surface area contributed by atoms with Gasteiger partial charge < -0.3 is 9.84 Å². The van der Waals surface area contributed by atoms with Crippen molar-refractivity contribution in [3.05, 3.63) is 29.3 Å². The summed E-state index contributed by atoms with van der Waals surface area (Å²) in [7, 11) is 1.49. The highest BCUT2D eigenvalue weighted by Crippen LogP contribution is 2.57. The van der Waals surface area contributed by atoms with Crippen LogP contribution >= 0.6 is 0 Å². The number of aryl methyl sites for hydroxylation is 1. The molecular formula is C18H24O3. The molecule has 3 atom stereocenters. The minimum atomic E-state index is -0.412. The van der Waals surface area contributed by atoms with E-state index in [1.165, 1.54) is 18.2 Å². The zero-order valence-corrected chi connectivity index (χ0v) is 13.1. The Balaban J connectivity index is 2.10. The van der Waals surface area contributed by atoms with E-state index < -0.39 is 5.41 Å². The van der Waals surface area contributed by atoms with E-state index in [0.717, 1.165) is 32.1 Å². The standard InChI is InChI=1S/C18H24O3/c1-17-9-4-10-18(2,16(20)21-3)15(17)8-6-12-5-7-13(19)11-14(12)17/h5,7,11,15,19H,4,6,8-10H2,1-3H3/t15?,17-,18-/m1/s1.